The Balaban J connectivity index is 1.79. The second-order valence-corrected chi connectivity index (χ2v) is 5.91. The first-order valence-corrected chi connectivity index (χ1v) is 7.60. The van der Waals surface area contributed by atoms with E-state index in [1.165, 1.54) is 0 Å². The molecule has 2 unspecified atom stereocenters. The molecule has 1 saturated carbocycles. The van der Waals surface area contributed by atoms with Crippen molar-refractivity contribution in [3.8, 4) is 0 Å². The van der Waals surface area contributed by atoms with Crippen LogP contribution in [0.4, 0.5) is 13.2 Å². The van der Waals surface area contributed by atoms with Crippen LogP contribution in [0, 0.1) is 11.8 Å². The second kappa shape index (κ2) is 6.96. The summed E-state index contributed by atoms with van der Waals surface area (Å²) in [6.45, 7) is 3.61. The molecule has 7 heteroatoms. The van der Waals surface area contributed by atoms with Crippen LogP contribution in [0.5, 0.6) is 0 Å². The average molecular weight is 308 g/mol. The van der Waals surface area contributed by atoms with Gasteiger partial charge in [-0.15, -0.1) is 0 Å². The minimum Gasteiger partial charge on any atom is -0.379 e. The van der Waals surface area contributed by atoms with Crippen LogP contribution in [0.25, 0.3) is 0 Å². The van der Waals surface area contributed by atoms with Crippen molar-refractivity contribution in [3.05, 3.63) is 0 Å². The zero-order valence-corrected chi connectivity index (χ0v) is 12.2. The molecule has 0 aromatic carbocycles. The Morgan fingerprint density at radius 2 is 1.86 bits per heavy atom. The quantitative estimate of drug-likeness (QED) is 0.833. The van der Waals surface area contributed by atoms with Gasteiger partial charge in [-0.25, -0.2) is 0 Å². The normalized spacial score (nSPS) is 33.9. The van der Waals surface area contributed by atoms with Gasteiger partial charge >= 0.3 is 6.18 Å². The third-order valence-corrected chi connectivity index (χ3v) is 4.42. The van der Waals surface area contributed by atoms with Crippen molar-refractivity contribution in [2.75, 3.05) is 19.8 Å². The minimum absolute atomic E-state index is 0.00140. The Labute approximate surface area is 122 Å². The summed E-state index contributed by atoms with van der Waals surface area (Å²) in [5, 5.41) is 6.10. The summed E-state index contributed by atoms with van der Waals surface area (Å²) in [6.07, 6.45) is -3.10. The standard InChI is InChI=1S/C14H23F3N2O2/c1-2-18-12-8-21-7-11(12)13(20)19-10-5-3-9(4-6-10)14(15,16)17/h9-12,18H,2-8H2,1H3,(H,19,20). The molecule has 0 bridgehead atoms. The van der Waals surface area contributed by atoms with Gasteiger partial charge in [-0.1, -0.05) is 6.92 Å². The number of nitrogens with one attached hydrogen (secondary N) is 2. The number of rotatable bonds is 4. The first-order chi connectivity index (χ1) is 9.91. The summed E-state index contributed by atoms with van der Waals surface area (Å²) in [7, 11) is 0. The van der Waals surface area contributed by atoms with Crippen molar-refractivity contribution in [1.82, 2.24) is 10.6 Å². The zero-order chi connectivity index (χ0) is 15.5. The number of hydrogen-bond acceptors (Lipinski definition) is 3. The molecule has 2 fully saturated rings. The van der Waals surface area contributed by atoms with Gasteiger partial charge in [-0.3, -0.25) is 4.79 Å². The molecule has 2 rings (SSSR count). The summed E-state index contributed by atoms with van der Waals surface area (Å²) in [4.78, 5) is 12.2. The van der Waals surface area contributed by atoms with Gasteiger partial charge in [0.1, 0.15) is 0 Å². The number of carbonyl (C=O) groups is 1. The summed E-state index contributed by atoms with van der Waals surface area (Å²) in [5.74, 6) is -1.56. The molecule has 1 amide bonds. The molecule has 21 heavy (non-hydrogen) atoms. The van der Waals surface area contributed by atoms with E-state index in [1.807, 2.05) is 6.92 Å². The molecule has 1 saturated heterocycles. The highest BCUT2D eigenvalue weighted by atomic mass is 19.4. The predicted molar refractivity (Wildman–Crippen MR) is 71.7 cm³/mol. The molecule has 1 aliphatic heterocycles. The first kappa shape index (κ1) is 16.5. The highest BCUT2D eigenvalue weighted by Gasteiger charge is 2.42. The van der Waals surface area contributed by atoms with E-state index in [2.05, 4.69) is 10.6 Å². The summed E-state index contributed by atoms with van der Waals surface area (Å²) in [6, 6.07) is -0.138. The third-order valence-electron chi connectivity index (χ3n) is 4.42. The van der Waals surface area contributed by atoms with Crippen molar-refractivity contribution in [1.29, 1.82) is 0 Å². The van der Waals surface area contributed by atoms with Crippen molar-refractivity contribution < 1.29 is 22.7 Å². The molecule has 1 heterocycles. The molecule has 0 spiro atoms. The molecule has 1 aliphatic carbocycles. The number of amides is 1. The highest BCUT2D eigenvalue weighted by Crippen LogP contribution is 2.37. The molecule has 122 valence electrons. The van der Waals surface area contributed by atoms with Gasteiger partial charge in [0.2, 0.25) is 5.91 Å². The van der Waals surface area contributed by atoms with E-state index in [4.69, 9.17) is 4.74 Å². The van der Waals surface area contributed by atoms with Crippen LogP contribution in [0.1, 0.15) is 32.6 Å². The maximum absolute atomic E-state index is 12.6. The fourth-order valence-electron chi connectivity index (χ4n) is 3.15. The third kappa shape index (κ3) is 4.32. The molecule has 0 aromatic rings. The van der Waals surface area contributed by atoms with Crippen LogP contribution in [0.15, 0.2) is 0 Å². The van der Waals surface area contributed by atoms with E-state index in [1.54, 1.807) is 0 Å². The van der Waals surface area contributed by atoms with Gasteiger partial charge < -0.3 is 15.4 Å². The highest BCUT2D eigenvalue weighted by molar-refractivity contribution is 5.80. The van der Waals surface area contributed by atoms with E-state index < -0.39 is 12.1 Å². The predicted octanol–water partition coefficient (Wildman–Crippen LogP) is 1.85. The zero-order valence-electron chi connectivity index (χ0n) is 12.2. The average Bonchev–Trinajstić information content (AvgIpc) is 2.87. The lowest BCUT2D eigenvalue weighted by molar-refractivity contribution is -0.182. The molecule has 2 aliphatic rings. The van der Waals surface area contributed by atoms with Crippen molar-refractivity contribution >= 4 is 5.91 Å². The molecule has 0 radical (unpaired) electrons. The van der Waals surface area contributed by atoms with E-state index in [-0.39, 0.29) is 36.8 Å². The van der Waals surface area contributed by atoms with E-state index >= 15 is 0 Å². The Hall–Kier alpha value is -0.820. The molecule has 4 nitrogen and oxygen atoms in total. The van der Waals surface area contributed by atoms with Gasteiger partial charge in [0.15, 0.2) is 0 Å². The van der Waals surface area contributed by atoms with Gasteiger partial charge in [-0.05, 0) is 32.2 Å². The van der Waals surface area contributed by atoms with E-state index in [9.17, 15) is 18.0 Å². The number of hydrogen-bond donors (Lipinski definition) is 2. The summed E-state index contributed by atoms with van der Waals surface area (Å²) < 4.78 is 43.1. The summed E-state index contributed by atoms with van der Waals surface area (Å²) in [5.41, 5.74) is 0. The van der Waals surface area contributed by atoms with Crippen LogP contribution in [0.3, 0.4) is 0 Å². The smallest absolute Gasteiger partial charge is 0.379 e. The Bertz CT molecular complexity index is 355. The Kier molecular flexibility index (Phi) is 5.48. The lowest BCUT2D eigenvalue weighted by atomic mass is 9.85. The molecule has 0 aromatic heterocycles. The van der Waals surface area contributed by atoms with Gasteiger partial charge in [-0.2, -0.15) is 13.2 Å². The van der Waals surface area contributed by atoms with Crippen LogP contribution in [0.2, 0.25) is 0 Å². The van der Waals surface area contributed by atoms with Gasteiger partial charge in [0, 0.05) is 12.1 Å². The van der Waals surface area contributed by atoms with Crippen molar-refractivity contribution in [3.63, 3.8) is 0 Å². The van der Waals surface area contributed by atoms with Crippen molar-refractivity contribution in [2.24, 2.45) is 11.8 Å². The number of ether oxygens (including phenoxy) is 1. The SMILES string of the molecule is CCNC1COCC1C(=O)NC1CCC(C(F)(F)F)CC1. The number of alkyl halides is 3. The summed E-state index contributed by atoms with van der Waals surface area (Å²) >= 11 is 0. The van der Waals surface area contributed by atoms with Crippen LogP contribution in [-0.2, 0) is 9.53 Å². The molecular weight excluding hydrogens is 285 g/mol. The lowest BCUT2D eigenvalue weighted by Crippen LogP contribution is -2.48. The number of likely N-dealkylation sites (N-methyl/N-ethyl adjacent to an activating group) is 1. The monoisotopic (exact) mass is 308 g/mol. The maximum atomic E-state index is 12.6. The first-order valence-electron chi connectivity index (χ1n) is 7.60. The maximum Gasteiger partial charge on any atom is 0.391 e. The molecular formula is C14H23F3N2O2. The lowest BCUT2D eigenvalue weighted by Gasteiger charge is -2.31. The van der Waals surface area contributed by atoms with Crippen LogP contribution < -0.4 is 10.6 Å². The second-order valence-electron chi connectivity index (χ2n) is 5.91. The van der Waals surface area contributed by atoms with Gasteiger partial charge in [0.05, 0.1) is 25.0 Å². The van der Waals surface area contributed by atoms with Crippen LogP contribution >= 0.6 is 0 Å². The number of halogens is 3. The molecule has 2 N–H and O–H groups in total. The largest absolute Gasteiger partial charge is 0.391 e. The Morgan fingerprint density at radius 1 is 1.19 bits per heavy atom. The van der Waals surface area contributed by atoms with Crippen LogP contribution in [-0.4, -0.2) is 43.9 Å². The fraction of sp³-hybridized carbons (Fsp3) is 0.929. The fourth-order valence-corrected chi connectivity index (χ4v) is 3.15. The minimum atomic E-state index is -4.11. The van der Waals surface area contributed by atoms with Crippen molar-refractivity contribution in [2.45, 2.75) is 50.9 Å². The van der Waals surface area contributed by atoms with E-state index in [0.717, 1.165) is 6.54 Å². The van der Waals surface area contributed by atoms with Gasteiger partial charge in [0.25, 0.3) is 0 Å². The molecule has 2 atom stereocenters. The Morgan fingerprint density at radius 3 is 2.43 bits per heavy atom. The topological polar surface area (TPSA) is 50.4 Å². The van der Waals surface area contributed by atoms with E-state index in [0.29, 0.717) is 26.1 Å². The number of carbonyl (C=O) groups excluding carboxylic acids is 1.